The van der Waals surface area contributed by atoms with Crippen LogP contribution in [0.1, 0.15) is 17.5 Å². The Morgan fingerprint density at radius 3 is 2.57 bits per heavy atom. The van der Waals surface area contributed by atoms with E-state index in [0.29, 0.717) is 18.2 Å². The van der Waals surface area contributed by atoms with Gasteiger partial charge in [0.2, 0.25) is 10.0 Å². The summed E-state index contributed by atoms with van der Waals surface area (Å²) in [5, 5.41) is 0. The Labute approximate surface area is 127 Å². The summed E-state index contributed by atoms with van der Waals surface area (Å²) in [6.07, 6.45) is 1.03. The molecule has 1 N–H and O–H groups in total. The molecule has 0 radical (unpaired) electrons. The fourth-order valence-corrected chi connectivity index (χ4v) is 3.98. The summed E-state index contributed by atoms with van der Waals surface area (Å²) in [5.41, 5.74) is 1.96. The highest BCUT2D eigenvalue weighted by Crippen LogP contribution is 2.27. The van der Waals surface area contributed by atoms with E-state index in [1.54, 1.807) is 12.1 Å². The molecule has 0 spiro atoms. The highest BCUT2D eigenvalue weighted by Gasteiger charge is 2.24. The first-order valence-electron chi connectivity index (χ1n) is 7.17. The number of likely N-dealkylation sites (tertiary alicyclic amines) is 1. The van der Waals surface area contributed by atoms with Crippen molar-refractivity contribution in [2.24, 2.45) is 5.92 Å². The third-order valence-corrected chi connectivity index (χ3v) is 5.57. The van der Waals surface area contributed by atoms with Crippen molar-refractivity contribution in [3.8, 4) is 5.75 Å². The van der Waals surface area contributed by atoms with Gasteiger partial charge in [-0.2, -0.15) is 0 Å². The molecule has 0 aliphatic carbocycles. The second kappa shape index (κ2) is 6.34. The van der Waals surface area contributed by atoms with E-state index >= 15 is 0 Å². The largest absolute Gasteiger partial charge is 0.495 e. The van der Waals surface area contributed by atoms with Crippen molar-refractivity contribution >= 4 is 10.0 Å². The number of hydrogen-bond donors (Lipinski definition) is 1. The highest BCUT2D eigenvalue weighted by atomic mass is 32.2. The minimum Gasteiger partial charge on any atom is -0.495 e. The third-order valence-electron chi connectivity index (χ3n) is 4.12. The molecule has 1 heterocycles. The van der Waals surface area contributed by atoms with Gasteiger partial charge in [0.25, 0.3) is 0 Å². The van der Waals surface area contributed by atoms with Gasteiger partial charge in [-0.15, -0.1) is 0 Å². The number of rotatable bonds is 5. The Bertz CT molecular complexity index is 614. The Morgan fingerprint density at radius 2 is 2.00 bits per heavy atom. The fourth-order valence-electron chi connectivity index (χ4n) is 2.63. The monoisotopic (exact) mass is 312 g/mol. The van der Waals surface area contributed by atoms with Crippen molar-refractivity contribution in [1.82, 2.24) is 9.62 Å². The Hall–Kier alpha value is -1.11. The molecule has 1 aliphatic rings. The molecule has 1 fully saturated rings. The summed E-state index contributed by atoms with van der Waals surface area (Å²) in [6.45, 7) is 6.28. The van der Waals surface area contributed by atoms with Crippen molar-refractivity contribution in [3.05, 3.63) is 23.3 Å². The Kier molecular flexibility index (Phi) is 4.91. The van der Waals surface area contributed by atoms with Crippen LogP contribution in [0.5, 0.6) is 5.75 Å². The molecule has 118 valence electrons. The normalized spacial score (nSPS) is 19.9. The van der Waals surface area contributed by atoms with Crippen molar-refractivity contribution in [3.63, 3.8) is 0 Å². The minimum atomic E-state index is -3.54. The molecule has 1 aromatic rings. The molecule has 1 atom stereocenters. The number of aryl methyl sites for hydroxylation is 2. The molecular weight excluding hydrogens is 288 g/mol. The lowest BCUT2D eigenvalue weighted by Crippen LogP contribution is -2.31. The standard InChI is InChI=1S/C15H24N2O3S/c1-11-7-14(20-4)15(8-12(11)2)21(18,19)16-9-13-5-6-17(3)10-13/h7-8,13,16H,5-6,9-10H2,1-4H3. The van der Waals surface area contributed by atoms with E-state index in [9.17, 15) is 8.42 Å². The predicted octanol–water partition coefficient (Wildman–Crippen LogP) is 1.54. The summed E-state index contributed by atoms with van der Waals surface area (Å²) in [6, 6.07) is 3.45. The summed E-state index contributed by atoms with van der Waals surface area (Å²) in [7, 11) is 0.0107. The molecule has 1 unspecified atom stereocenters. The molecule has 2 rings (SSSR count). The molecule has 21 heavy (non-hydrogen) atoms. The number of sulfonamides is 1. The van der Waals surface area contributed by atoms with Crippen LogP contribution in [-0.2, 0) is 10.0 Å². The van der Waals surface area contributed by atoms with Gasteiger partial charge in [0.05, 0.1) is 7.11 Å². The number of benzene rings is 1. The second-order valence-electron chi connectivity index (χ2n) is 5.86. The molecule has 6 heteroatoms. The molecule has 1 aliphatic heterocycles. The first-order chi connectivity index (χ1) is 9.83. The number of nitrogens with zero attached hydrogens (tertiary/aromatic N) is 1. The Balaban J connectivity index is 2.17. The van der Waals surface area contributed by atoms with E-state index < -0.39 is 10.0 Å². The first-order valence-corrected chi connectivity index (χ1v) is 8.65. The van der Waals surface area contributed by atoms with Crippen LogP contribution in [0.2, 0.25) is 0 Å². The van der Waals surface area contributed by atoms with Gasteiger partial charge in [0, 0.05) is 13.1 Å². The molecule has 1 saturated heterocycles. The van der Waals surface area contributed by atoms with Crippen LogP contribution >= 0.6 is 0 Å². The number of methoxy groups -OCH3 is 1. The van der Waals surface area contributed by atoms with Crippen molar-refractivity contribution in [2.45, 2.75) is 25.2 Å². The molecule has 0 amide bonds. The van der Waals surface area contributed by atoms with Crippen molar-refractivity contribution < 1.29 is 13.2 Å². The zero-order valence-electron chi connectivity index (χ0n) is 13.1. The zero-order valence-corrected chi connectivity index (χ0v) is 14.0. The van der Waals surface area contributed by atoms with Crippen LogP contribution in [0.4, 0.5) is 0 Å². The second-order valence-corrected chi connectivity index (χ2v) is 7.59. The third kappa shape index (κ3) is 3.75. The van der Waals surface area contributed by atoms with Gasteiger partial charge in [0.15, 0.2) is 0 Å². The maximum Gasteiger partial charge on any atom is 0.244 e. The van der Waals surface area contributed by atoms with Gasteiger partial charge in [0.1, 0.15) is 10.6 Å². The van der Waals surface area contributed by atoms with Crippen LogP contribution in [0.15, 0.2) is 17.0 Å². The average molecular weight is 312 g/mol. The van der Waals surface area contributed by atoms with Gasteiger partial charge in [-0.3, -0.25) is 0 Å². The quantitative estimate of drug-likeness (QED) is 0.896. The van der Waals surface area contributed by atoms with E-state index in [4.69, 9.17) is 4.74 Å². The van der Waals surface area contributed by atoms with Gasteiger partial charge in [-0.25, -0.2) is 13.1 Å². The highest BCUT2D eigenvalue weighted by molar-refractivity contribution is 7.89. The maximum atomic E-state index is 12.5. The lowest BCUT2D eigenvalue weighted by Gasteiger charge is -2.15. The summed E-state index contributed by atoms with van der Waals surface area (Å²) >= 11 is 0. The van der Waals surface area contributed by atoms with Gasteiger partial charge >= 0.3 is 0 Å². The molecular formula is C15H24N2O3S. The van der Waals surface area contributed by atoms with Crippen LogP contribution in [0.3, 0.4) is 0 Å². The van der Waals surface area contributed by atoms with E-state index in [-0.39, 0.29) is 4.90 Å². The van der Waals surface area contributed by atoms with Crippen LogP contribution in [0, 0.1) is 19.8 Å². The summed E-state index contributed by atoms with van der Waals surface area (Å²) in [5.74, 6) is 0.774. The molecule has 1 aromatic carbocycles. The number of ether oxygens (including phenoxy) is 1. The SMILES string of the molecule is COc1cc(C)c(C)cc1S(=O)(=O)NCC1CCN(C)C1. The fraction of sp³-hybridized carbons (Fsp3) is 0.600. The van der Waals surface area contributed by atoms with E-state index in [1.807, 2.05) is 13.8 Å². The molecule has 0 bridgehead atoms. The molecule has 5 nitrogen and oxygen atoms in total. The summed E-state index contributed by atoms with van der Waals surface area (Å²) in [4.78, 5) is 2.44. The van der Waals surface area contributed by atoms with Crippen molar-refractivity contribution in [2.75, 3.05) is 33.8 Å². The van der Waals surface area contributed by atoms with Crippen molar-refractivity contribution in [1.29, 1.82) is 0 Å². The minimum absolute atomic E-state index is 0.222. The van der Waals surface area contributed by atoms with Gasteiger partial charge in [-0.1, -0.05) is 0 Å². The van der Waals surface area contributed by atoms with E-state index in [0.717, 1.165) is 30.6 Å². The van der Waals surface area contributed by atoms with Gasteiger partial charge < -0.3 is 9.64 Å². The number of nitrogens with one attached hydrogen (secondary N) is 1. The van der Waals surface area contributed by atoms with Crippen LogP contribution < -0.4 is 9.46 Å². The molecule has 0 aromatic heterocycles. The zero-order chi connectivity index (χ0) is 15.6. The first kappa shape index (κ1) is 16.3. The van der Waals surface area contributed by atoms with Crippen LogP contribution in [-0.4, -0.2) is 47.1 Å². The molecule has 0 saturated carbocycles. The Morgan fingerprint density at radius 1 is 1.33 bits per heavy atom. The predicted molar refractivity (Wildman–Crippen MR) is 83.3 cm³/mol. The summed E-state index contributed by atoms with van der Waals surface area (Å²) < 4.78 is 33.0. The maximum absolute atomic E-state index is 12.5. The average Bonchev–Trinajstić information content (AvgIpc) is 2.85. The van der Waals surface area contributed by atoms with E-state index in [1.165, 1.54) is 7.11 Å². The number of hydrogen-bond acceptors (Lipinski definition) is 4. The topological polar surface area (TPSA) is 58.6 Å². The van der Waals surface area contributed by atoms with Gasteiger partial charge in [-0.05, 0) is 63.0 Å². The smallest absolute Gasteiger partial charge is 0.244 e. The lowest BCUT2D eigenvalue weighted by molar-refractivity contribution is 0.393. The van der Waals surface area contributed by atoms with Crippen LogP contribution in [0.25, 0.3) is 0 Å². The lowest BCUT2D eigenvalue weighted by atomic mass is 10.1. The van der Waals surface area contributed by atoms with E-state index in [2.05, 4.69) is 16.7 Å².